The minimum absolute atomic E-state index is 0.551. The Labute approximate surface area is 111 Å². The Bertz CT molecular complexity index is 501. The lowest BCUT2D eigenvalue weighted by Gasteiger charge is -2.08. The van der Waals surface area contributed by atoms with Crippen molar-refractivity contribution < 1.29 is 9.26 Å². The highest BCUT2D eigenvalue weighted by molar-refractivity contribution is 5.30. The van der Waals surface area contributed by atoms with Gasteiger partial charge in [-0.05, 0) is 13.3 Å². The number of nitrogens with zero attached hydrogens (tertiary/aromatic N) is 4. The van der Waals surface area contributed by atoms with Crippen LogP contribution in [0.15, 0.2) is 17.0 Å². The van der Waals surface area contributed by atoms with E-state index in [0.717, 1.165) is 12.1 Å². The summed E-state index contributed by atoms with van der Waals surface area (Å²) in [6.07, 6.45) is 2.91. The Morgan fingerprint density at radius 2 is 2.26 bits per heavy atom. The molecule has 2 aromatic heterocycles. The SMILES string of the molecule is CCCOc1cc(C)nc(NCCc2ncon2)n1. The van der Waals surface area contributed by atoms with E-state index in [1.165, 1.54) is 6.39 Å². The molecule has 102 valence electrons. The molecule has 19 heavy (non-hydrogen) atoms. The Kier molecular flexibility index (Phi) is 4.66. The van der Waals surface area contributed by atoms with Crippen molar-refractivity contribution in [3.05, 3.63) is 24.0 Å². The molecule has 0 aromatic carbocycles. The van der Waals surface area contributed by atoms with Crippen LogP contribution in [0.4, 0.5) is 5.95 Å². The summed E-state index contributed by atoms with van der Waals surface area (Å²) in [5, 5.41) is 6.85. The van der Waals surface area contributed by atoms with Gasteiger partial charge in [0.25, 0.3) is 0 Å². The van der Waals surface area contributed by atoms with Crippen molar-refractivity contribution in [2.45, 2.75) is 26.7 Å². The van der Waals surface area contributed by atoms with Gasteiger partial charge in [-0.1, -0.05) is 12.1 Å². The Balaban J connectivity index is 1.90. The van der Waals surface area contributed by atoms with Gasteiger partial charge in [0.1, 0.15) is 0 Å². The van der Waals surface area contributed by atoms with Crippen LogP contribution >= 0.6 is 0 Å². The lowest BCUT2D eigenvalue weighted by atomic mass is 10.4. The zero-order chi connectivity index (χ0) is 13.5. The van der Waals surface area contributed by atoms with Gasteiger partial charge in [0.2, 0.25) is 18.2 Å². The van der Waals surface area contributed by atoms with E-state index < -0.39 is 0 Å². The molecule has 2 aromatic rings. The van der Waals surface area contributed by atoms with E-state index >= 15 is 0 Å². The van der Waals surface area contributed by atoms with Crippen LogP contribution in [-0.4, -0.2) is 33.3 Å². The summed E-state index contributed by atoms with van der Waals surface area (Å²) < 4.78 is 10.2. The van der Waals surface area contributed by atoms with Crippen LogP contribution in [-0.2, 0) is 6.42 Å². The van der Waals surface area contributed by atoms with Crippen molar-refractivity contribution in [1.29, 1.82) is 0 Å². The second-order valence-electron chi connectivity index (χ2n) is 4.04. The third-order valence-corrected chi connectivity index (χ3v) is 2.32. The first-order chi connectivity index (χ1) is 9.28. The van der Waals surface area contributed by atoms with Gasteiger partial charge >= 0.3 is 0 Å². The molecule has 0 radical (unpaired) electrons. The van der Waals surface area contributed by atoms with Crippen molar-refractivity contribution in [1.82, 2.24) is 20.1 Å². The zero-order valence-corrected chi connectivity index (χ0v) is 11.1. The molecule has 7 heteroatoms. The fraction of sp³-hybridized carbons (Fsp3) is 0.500. The van der Waals surface area contributed by atoms with Crippen LogP contribution in [0.2, 0.25) is 0 Å². The predicted octanol–water partition coefficient (Wildman–Crippen LogP) is 1.61. The van der Waals surface area contributed by atoms with E-state index in [1.807, 2.05) is 13.0 Å². The molecule has 0 aliphatic heterocycles. The average molecular weight is 263 g/mol. The highest BCUT2D eigenvalue weighted by atomic mass is 16.5. The summed E-state index contributed by atoms with van der Waals surface area (Å²) in [4.78, 5) is 12.5. The van der Waals surface area contributed by atoms with Gasteiger partial charge in [-0.25, -0.2) is 4.98 Å². The Morgan fingerprint density at radius 3 is 3.00 bits per heavy atom. The number of aryl methyl sites for hydroxylation is 1. The van der Waals surface area contributed by atoms with Crippen molar-refractivity contribution in [3.63, 3.8) is 0 Å². The van der Waals surface area contributed by atoms with Gasteiger partial charge in [0, 0.05) is 24.7 Å². The van der Waals surface area contributed by atoms with Crippen molar-refractivity contribution in [2.24, 2.45) is 0 Å². The minimum atomic E-state index is 0.551. The highest BCUT2D eigenvalue weighted by Crippen LogP contribution is 2.12. The van der Waals surface area contributed by atoms with Gasteiger partial charge in [0.15, 0.2) is 5.82 Å². The Morgan fingerprint density at radius 1 is 1.37 bits per heavy atom. The third kappa shape index (κ3) is 4.20. The van der Waals surface area contributed by atoms with E-state index in [2.05, 4.69) is 36.9 Å². The zero-order valence-electron chi connectivity index (χ0n) is 11.1. The molecule has 0 fully saturated rings. The highest BCUT2D eigenvalue weighted by Gasteiger charge is 2.04. The summed E-state index contributed by atoms with van der Waals surface area (Å²) in [6.45, 7) is 5.25. The average Bonchev–Trinajstić information content (AvgIpc) is 2.89. The maximum Gasteiger partial charge on any atom is 0.226 e. The normalized spacial score (nSPS) is 10.4. The van der Waals surface area contributed by atoms with E-state index in [1.54, 1.807) is 0 Å². The summed E-state index contributed by atoms with van der Waals surface area (Å²) in [6, 6.07) is 1.82. The third-order valence-electron chi connectivity index (χ3n) is 2.32. The van der Waals surface area contributed by atoms with Gasteiger partial charge in [-0.3, -0.25) is 0 Å². The topological polar surface area (TPSA) is 86.0 Å². The molecule has 7 nitrogen and oxygen atoms in total. The summed E-state index contributed by atoms with van der Waals surface area (Å²) in [7, 11) is 0. The largest absolute Gasteiger partial charge is 0.478 e. The molecule has 2 rings (SSSR count). The lowest BCUT2D eigenvalue weighted by Crippen LogP contribution is -2.10. The van der Waals surface area contributed by atoms with E-state index in [0.29, 0.717) is 37.2 Å². The first-order valence-corrected chi connectivity index (χ1v) is 6.25. The number of hydrogen-bond acceptors (Lipinski definition) is 7. The second kappa shape index (κ2) is 6.67. The van der Waals surface area contributed by atoms with Gasteiger partial charge < -0.3 is 14.6 Å². The van der Waals surface area contributed by atoms with Crippen LogP contribution in [0.3, 0.4) is 0 Å². The molecule has 0 saturated heterocycles. The van der Waals surface area contributed by atoms with Crippen molar-refractivity contribution >= 4 is 5.95 Å². The number of hydrogen-bond donors (Lipinski definition) is 1. The molecule has 0 spiro atoms. The number of nitrogens with one attached hydrogen (secondary N) is 1. The smallest absolute Gasteiger partial charge is 0.226 e. The first kappa shape index (κ1) is 13.3. The summed E-state index contributed by atoms with van der Waals surface area (Å²) >= 11 is 0. The quantitative estimate of drug-likeness (QED) is 0.812. The van der Waals surface area contributed by atoms with Crippen LogP contribution in [0, 0.1) is 6.92 Å². The maximum absolute atomic E-state index is 5.50. The van der Waals surface area contributed by atoms with Gasteiger partial charge in [-0.2, -0.15) is 9.97 Å². The molecule has 0 atom stereocenters. The summed E-state index contributed by atoms with van der Waals surface area (Å²) in [5.74, 6) is 1.80. The summed E-state index contributed by atoms with van der Waals surface area (Å²) in [5.41, 5.74) is 0.864. The van der Waals surface area contributed by atoms with E-state index in [9.17, 15) is 0 Å². The molecule has 0 amide bonds. The predicted molar refractivity (Wildman–Crippen MR) is 69.0 cm³/mol. The van der Waals surface area contributed by atoms with Crippen LogP contribution in [0.1, 0.15) is 24.9 Å². The number of aromatic nitrogens is 4. The number of rotatable bonds is 7. The van der Waals surface area contributed by atoms with Gasteiger partial charge in [-0.15, -0.1) is 0 Å². The molecular weight excluding hydrogens is 246 g/mol. The molecule has 0 aliphatic rings. The van der Waals surface area contributed by atoms with Crippen molar-refractivity contribution in [2.75, 3.05) is 18.5 Å². The molecule has 0 aliphatic carbocycles. The molecule has 0 unspecified atom stereocenters. The first-order valence-electron chi connectivity index (χ1n) is 6.25. The fourth-order valence-corrected chi connectivity index (χ4v) is 1.49. The molecule has 0 bridgehead atoms. The number of anilines is 1. The van der Waals surface area contributed by atoms with Crippen LogP contribution < -0.4 is 10.1 Å². The number of ether oxygens (including phenoxy) is 1. The standard InChI is InChI=1S/C12H17N5O2/c1-3-6-18-11-7-9(2)15-12(16-11)13-5-4-10-14-8-19-17-10/h7-8H,3-6H2,1-2H3,(H,13,15,16). The van der Waals surface area contributed by atoms with E-state index in [-0.39, 0.29) is 0 Å². The van der Waals surface area contributed by atoms with Crippen LogP contribution in [0.5, 0.6) is 5.88 Å². The lowest BCUT2D eigenvalue weighted by molar-refractivity contribution is 0.305. The molecule has 0 saturated carbocycles. The molecule has 2 heterocycles. The molecular formula is C12H17N5O2. The van der Waals surface area contributed by atoms with Crippen molar-refractivity contribution in [3.8, 4) is 5.88 Å². The van der Waals surface area contributed by atoms with Crippen LogP contribution in [0.25, 0.3) is 0 Å². The monoisotopic (exact) mass is 263 g/mol. The Hall–Kier alpha value is -2.18. The second-order valence-corrected chi connectivity index (χ2v) is 4.04. The van der Waals surface area contributed by atoms with Gasteiger partial charge in [0.05, 0.1) is 6.61 Å². The maximum atomic E-state index is 5.50. The molecule has 1 N–H and O–H groups in total. The fourth-order valence-electron chi connectivity index (χ4n) is 1.49. The minimum Gasteiger partial charge on any atom is -0.478 e. The van der Waals surface area contributed by atoms with E-state index in [4.69, 9.17) is 4.74 Å².